The normalized spacial score (nSPS) is 9.07. The van der Waals surface area contributed by atoms with E-state index in [1.54, 1.807) is 0 Å². The Labute approximate surface area is 103 Å². The van der Waals surface area contributed by atoms with Gasteiger partial charge in [0.1, 0.15) is 0 Å². The van der Waals surface area contributed by atoms with E-state index < -0.39 is 0 Å². The maximum atomic E-state index is 2.31. The molecule has 0 aromatic heterocycles. The zero-order chi connectivity index (χ0) is 10.3. The van der Waals surface area contributed by atoms with Crippen LogP contribution in [0.1, 0.15) is 20.8 Å². The van der Waals surface area contributed by atoms with Gasteiger partial charge >= 0.3 is 0 Å². The van der Waals surface area contributed by atoms with Gasteiger partial charge in [0.2, 0.25) is 0 Å². The van der Waals surface area contributed by atoms with Crippen molar-refractivity contribution >= 4 is 14.0 Å². The van der Waals surface area contributed by atoms with Gasteiger partial charge in [-0.25, -0.2) is 0 Å². The summed E-state index contributed by atoms with van der Waals surface area (Å²) in [6.07, 6.45) is 0. The zero-order valence-electron chi connectivity index (χ0n) is 10.1. The van der Waals surface area contributed by atoms with Crippen molar-refractivity contribution < 1.29 is 19.5 Å². The standard InChI is InChI=1S/C8H11Si.C4H9.Zn/c1-9(2)8-6-4-3-5-7-8;1-4(2)3;/h3-7H,1-2H3;1-3H3;/q;-1;. The molecule has 0 saturated heterocycles. The van der Waals surface area contributed by atoms with Gasteiger partial charge in [0.05, 0.1) is 8.80 Å². The molecule has 1 rings (SSSR count). The fraction of sp³-hybridized carbons (Fsp3) is 0.417. The predicted molar refractivity (Wildman–Crippen MR) is 63.8 cm³/mol. The average Bonchev–Trinajstić information content (AvgIpc) is 2.05. The second-order valence-corrected chi connectivity index (χ2v) is 6.44. The monoisotopic (exact) mass is 256 g/mol. The Morgan fingerprint density at radius 2 is 1.29 bits per heavy atom. The molecule has 75 valence electrons. The molecule has 2 heteroatoms. The van der Waals surface area contributed by atoms with E-state index in [9.17, 15) is 0 Å². The van der Waals surface area contributed by atoms with Crippen LogP contribution in [0.4, 0.5) is 0 Å². The first kappa shape index (κ1) is 16.5. The van der Waals surface area contributed by atoms with Gasteiger partial charge in [-0.15, -0.1) is 0 Å². The predicted octanol–water partition coefficient (Wildman–Crippen LogP) is 3.27. The minimum absolute atomic E-state index is 0. The van der Waals surface area contributed by atoms with Gasteiger partial charge in [-0.1, -0.05) is 48.6 Å². The molecule has 1 aromatic carbocycles. The van der Waals surface area contributed by atoms with E-state index in [-0.39, 0.29) is 28.3 Å². The van der Waals surface area contributed by atoms with E-state index in [1.807, 2.05) is 0 Å². The van der Waals surface area contributed by atoms with Crippen molar-refractivity contribution in [1.29, 1.82) is 0 Å². The third-order valence-electron chi connectivity index (χ3n) is 1.35. The molecule has 0 aliphatic rings. The Balaban J connectivity index is 0. The molecule has 0 aliphatic heterocycles. The number of hydrogen-bond acceptors (Lipinski definition) is 0. The molecular formula is C12H20SiZn-. The summed E-state index contributed by atoms with van der Waals surface area (Å²) in [5, 5.41) is 1.52. The number of benzene rings is 1. The van der Waals surface area contributed by atoms with Crippen LogP contribution in [0.5, 0.6) is 0 Å². The molecular weight excluding hydrogens is 238 g/mol. The Kier molecular flexibility index (Phi) is 11.3. The molecule has 0 heterocycles. The quantitative estimate of drug-likeness (QED) is 0.535. The van der Waals surface area contributed by atoms with Crippen molar-refractivity contribution in [3.8, 4) is 0 Å². The summed E-state index contributed by atoms with van der Waals surface area (Å²) in [6, 6.07) is 10.7. The third-order valence-corrected chi connectivity index (χ3v) is 2.84. The van der Waals surface area contributed by atoms with Crippen LogP contribution in [0.2, 0.25) is 13.1 Å². The smallest absolute Gasteiger partial charge is 0.0791 e. The molecule has 0 unspecified atom stereocenters. The van der Waals surface area contributed by atoms with Crippen molar-refractivity contribution in [3.05, 3.63) is 36.2 Å². The fourth-order valence-corrected chi connectivity index (χ4v) is 1.63. The van der Waals surface area contributed by atoms with Crippen molar-refractivity contribution in [2.75, 3.05) is 0 Å². The first-order chi connectivity index (χ1) is 6.04. The molecule has 1 aromatic rings. The van der Waals surface area contributed by atoms with Gasteiger partial charge in [-0.2, -0.15) is 20.8 Å². The number of hydrogen-bond donors (Lipinski definition) is 0. The molecule has 0 spiro atoms. The first-order valence-electron chi connectivity index (χ1n) is 4.66. The van der Waals surface area contributed by atoms with E-state index >= 15 is 0 Å². The Morgan fingerprint density at radius 1 is 0.929 bits per heavy atom. The average molecular weight is 258 g/mol. The molecule has 0 nitrogen and oxygen atoms in total. The van der Waals surface area contributed by atoms with Crippen molar-refractivity contribution in [2.45, 2.75) is 33.9 Å². The van der Waals surface area contributed by atoms with E-state index in [0.717, 1.165) is 0 Å². The summed E-state index contributed by atoms with van der Waals surface area (Å²) in [5.74, 6) is 1.42. The van der Waals surface area contributed by atoms with Crippen molar-refractivity contribution in [1.82, 2.24) is 0 Å². The molecule has 0 N–H and O–H groups in total. The van der Waals surface area contributed by atoms with Crippen LogP contribution in [-0.4, -0.2) is 8.80 Å². The molecule has 0 fully saturated rings. The first-order valence-corrected chi connectivity index (χ1v) is 7.16. The van der Waals surface area contributed by atoms with E-state index in [0.29, 0.717) is 0 Å². The molecule has 14 heavy (non-hydrogen) atoms. The molecule has 0 amide bonds. The minimum atomic E-state index is -0.212. The van der Waals surface area contributed by atoms with Crippen LogP contribution in [0.15, 0.2) is 30.3 Å². The van der Waals surface area contributed by atoms with Crippen LogP contribution in [0.3, 0.4) is 0 Å². The Morgan fingerprint density at radius 3 is 1.50 bits per heavy atom. The van der Waals surface area contributed by atoms with Crippen LogP contribution in [-0.2, 0) is 19.5 Å². The summed E-state index contributed by atoms with van der Waals surface area (Å²) in [4.78, 5) is 0. The van der Waals surface area contributed by atoms with Gasteiger partial charge in [-0.05, 0) is 0 Å². The maximum Gasteiger partial charge on any atom is 0.0791 e. The third kappa shape index (κ3) is 10.1. The van der Waals surface area contributed by atoms with Crippen LogP contribution < -0.4 is 5.19 Å². The summed E-state index contributed by atoms with van der Waals surface area (Å²) in [6.45, 7) is 10.9. The van der Waals surface area contributed by atoms with Gasteiger partial charge in [0.15, 0.2) is 0 Å². The van der Waals surface area contributed by atoms with Crippen LogP contribution in [0.25, 0.3) is 0 Å². The van der Waals surface area contributed by atoms with E-state index in [2.05, 4.69) is 64.2 Å². The minimum Gasteiger partial charge on any atom is -0.323 e. The molecule has 0 bridgehead atoms. The molecule has 1 radical (unpaired) electrons. The summed E-state index contributed by atoms with van der Waals surface area (Å²) < 4.78 is 0. The zero-order valence-corrected chi connectivity index (χ0v) is 14.1. The Bertz CT molecular complexity index is 204. The van der Waals surface area contributed by atoms with Gasteiger partial charge in [0.25, 0.3) is 0 Å². The largest absolute Gasteiger partial charge is 0.323 e. The van der Waals surface area contributed by atoms with E-state index in [1.165, 1.54) is 11.1 Å². The second kappa shape index (κ2) is 9.61. The van der Waals surface area contributed by atoms with Gasteiger partial charge in [0, 0.05) is 19.5 Å². The number of rotatable bonds is 1. The summed E-state index contributed by atoms with van der Waals surface area (Å²) in [7, 11) is -0.212. The van der Waals surface area contributed by atoms with Gasteiger partial charge < -0.3 is 5.92 Å². The van der Waals surface area contributed by atoms with Crippen molar-refractivity contribution in [3.63, 3.8) is 0 Å². The Hall–Kier alpha value is 0.0603. The SMILES string of the molecule is C[C-](C)C.C[Si](C)c1ccccc1.[Zn]. The van der Waals surface area contributed by atoms with E-state index in [4.69, 9.17) is 0 Å². The van der Waals surface area contributed by atoms with Crippen LogP contribution >= 0.6 is 0 Å². The maximum absolute atomic E-state index is 2.31. The van der Waals surface area contributed by atoms with Crippen LogP contribution in [0, 0.1) is 5.92 Å². The molecule has 0 saturated carbocycles. The van der Waals surface area contributed by atoms with Crippen molar-refractivity contribution in [2.24, 2.45) is 0 Å². The van der Waals surface area contributed by atoms with Gasteiger partial charge in [-0.3, -0.25) is 0 Å². The summed E-state index contributed by atoms with van der Waals surface area (Å²) >= 11 is 0. The topological polar surface area (TPSA) is 0 Å². The summed E-state index contributed by atoms with van der Waals surface area (Å²) in [5.41, 5.74) is 0. The second-order valence-electron chi connectivity index (χ2n) is 3.87. The molecule has 0 atom stereocenters. The fourth-order valence-electron chi connectivity index (χ4n) is 0.771. The molecule has 0 aliphatic carbocycles.